The third-order valence-corrected chi connectivity index (χ3v) is 1.83. The number of aromatic nitrogens is 2. The van der Waals surface area contributed by atoms with Gasteiger partial charge in [0, 0.05) is 5.56 Å². The van der Waals surface area contributed by atoms with E-state index in [0.29, 0.717) is 18.1 Å². The molecule has 0 aliphatic rings. The molecule has 0 fully saturated rings. The van der Waals surface area contributed by atoms with Crippen LogP contribution in [0.4, 0.5) is 0 Å². The quantitative estimate of drug-likeness (QED) is 0.752. The van der Waals surface area contributed by atoms with Crippen LogP contribution in [0.2, 0.25) is 0 Å². The minimum absolute atomic E-state index is 0.278. The average molecular weight is 203 g/mol. The molecule has 1 aromatic heterocycles. The van der Waals surface area contributed by atoms with Crippen molar-refractivity contribution in [2.75, 3.05) is 0 Å². The van der Waals surface area contributed by atoms with E-state index in [1.807, 2.05) is 30.3 Å². The summed E-state index contributed by atoms with van der Waals surface area (Å²) in [7, 11) is 0. The Hall–Kier alpha value is -2.17. The first kappa shape index (κ1) is 9.39. The van der Waals surface area contributed by atoms with Gasteiger partial charge in [0.25, 0.3) is 5.89 Å². The van der Waals surface area contributed by atoms with Crippen molar-refractivity contribution >= 4 is 6.41 Å². The lowest BCUT2D eigenvalue weighted by atomic mass is 10.2. The Labute approximate surface area is 86.1 Å². The van der Waals surface area contributed by atoms with E-state index < -0.39 is 0 Å². The van der Waals surface area contributed by atoms with Gasteiger partial charge in [0.15, 0.2) is 5.82 Å². The van der Waals surface area contributed by atoms with Crippen LogP contribution in [0, 0.1) is 0 Å². The lowest BCUT2D eigenvalue weighted by Crippen LogP contribution is -2.10. The largest absolute Gasteiger partial charge is 0.351 e. The van der Waals surface area contributed by atoms with Crippen molar-refractivity contribution in [3.8, 4) is 11.5 Å². The number of hydrogen-bond acceptors (Lipinski definition) is 4. The highest BCUT2D eigenvalue weighted by atomic mass is 16.5. The summed E-state index contributed by atoms with van der Waals surface area (Å²) >= 11 is 0. The van der Waals surface area contributed by atoms with Gasteiger partial charge in [-0.3, -0.25) is 4.79 Å². The van der Waals surface area contributed by atoms with Gasteiger partial charge >= 0.3 is 0 Å². The van der Waals surface area contributed by atoms with Crippen LogP contribution in [-0.4, -0.2) is 16.6 Å². The second-order valence-electron chi connectivity index (χ2n) is 2.88. The fourth-order valence-corrected chi connectivity index (χ4v) is 1.16. The summed E-state index contributed by atoms with van der Waals surface area (Å²) in [4.78, 5) is 14.2. The van der Waals surface area contributed by atoms with Crippen molar-refractivity contribution in [2.24, 2.45) is 0 Å². The van der Waals surface area contributed by atoms with Crippen molar-refractivity contribution in [2.45, 2.75) is 6.54 Å². The molecule has 1 heterocycles. The molecule has 2 aromatic rings. The van der Waals surface area contributed by atoms with Gasteiger partial charge < -0.3 is 9.84 Å². The number of benzene rings is 1. The summed E-state index contributed by atoms with van der Waals surface area (Å²) in [5.74, 6) is 0.916. The fourth-order valence-electron chi connectivity index (χ4n) is 1.16. The zero-order valence-electron chi connectivity index (χ0n) is 7.88. The van der Waals surface area contributed by atoms with Crippen LogP contribution in [0.1, 0.15) is 5.82 Å². The summed E-state index contributed by atoms with van der Waals surface area (Å²) in [5.41, 5.74) is 0.863. The Kier molecular flexibility index (Phi) is 2.73. The molecule has 1 N–H and O–H groups in total. The lowest BCUT2D eigenvalue weighted by molar-refractivity contribution is -0.109. The maximum atomic E-state index is 10.1. The molecular weight excluding hydrogens is 194 g/mol. The predicted molar refractivity (Wildman–Crippen MR) is 52.6 cm³/mol. The average Bonchev–Trinajstić information content (AvgIpc) is 2.76. The third-order valence-electron chi connectivity index (χ3n) is 1.83. The first-order chi connectivity index (χ1) is 7.40. The maximum absolute atomic E-state index is 10.1. The van der Waals surface area contributed by atoms with E-state index in [1.165, 1.54) is 0 Å². The number of amides is 1. The summed E-state index contributed by atoms with van der Waals surface area (Å²) in [6, 6.07) is 9.45. The topological polar surface area (TPSA) is 68.0 Å². The van der Waals surface area contributed by atoms with Crippen LogP contribution >= 0.6 is 0 Å². The number of carbonyl (C=O) groups is 1. The molecule has 0 bridgehead atoms. The smallest absolute Gasteiger partial charge is 0.257 e. The molecule has 1 aromatic carbocycles. The second kappa shape index (κ2) is 4.36. The maximum Gasteiger partial charge on any atom is 0.257 e. The van der Waals surface area contributed by atoms with E-state index in [-0.39, 0.29) is 6.54 Å². The SMILES string of the molecule is O=CNCc1noc(-c2ccccc2)n1. The normalized spacial score (nSPS) is 9.87. The van der Waals surface area contributed by atoms with Crippen LogP contribution < -0.4 is 5.32 Å². The highest BCUT2D eigenvalue weighted by Gasteiger charge is 2.06. The van der Waals surface area contributed by atoms with Gasteiger partial charge in [0.05, 0.1) is 6.54 Å². The minimum Gasteiger partial charge on any atom is -0.351 e. The van der Waals surface area contributed by atoms with Crippen molar-refractivity contribution in [1.82, 2.24) is 15.5 Å². The zero-order valence-corrected chi connectivity index (χ0v) is 7.88. The van der Waals surface area contributed by atoms with Crippen molar-refractivity contribution < 1.29 is 9.32 Å². The molecule has 0 radical (unpaired) electrons. The molecule has 5 heteroatoms. The summed E-state index contributed by atoms with van der Waals surface area (Å²) < 4.78 is 5.03. The van der Waals surface area contributed by atoms with Crippen molar-refractivity contribution in [3.05, 3.63) is 36.2 Å². The minimum atomic E-state index is 0.278. The molecule has 0 saturated carbocycles. The molecule has 0 aliphatic heterocycles. The molecule has 2 rings (SSSR count). The number of nitrogens with one attached hydrogen (secondary N) is 1. The standard InChI is InChI=1S/C10H9N3O2/c14-7-11-6-9-12-10(15-13-9)8-4-2-1-3-5-8/h1-5,7H,6H2,(H,11,14). The van der Waals surface area contributed by atoms with Crippen LogP contribution in [0.15, 0.2) is 34.9 Å². The fraction of sp³-hybridized carbons (Fsp3) is 0.100. The van der Waals surface area contributed by atoms with Gasteiger partial charge in [-0.25, -0.2) is 0 Å². The van der Waals surface area contributed by atoms with Gasteiger partial charge in [-0.1, -0.05) is 23.4 Å². The van der Waals surface area contributed by atoms with E-state index in [9.17, 15) is 4.79 Å². The summed E-state index contributed by atoms with van der Waals surface area (Å²) in [6.45, 7) is 0.278. The van der Waals surface area contributed by atoms with E-state index in [2.05, 4.69) is 15.5 Å². The van der Waals surface area contributed by atoms with E-state index in [0.717, 1.165) is 5.56 Å². The van der Waals surface area contributed by atoms with Crippen molar-refractivity contribution in [3.63, 3.8) is 0 Å². The molecule has 5 nitrogen and oxygen atoms in total. The van der Waals surface area contributed by atoms with Gasteiger partial charge in [0.2, 0.25) is 6.41 Å². The van der Waals surface area contributed by atoms with E-state index in [1.54, 1.807) is 0 Å². The second-order valence-corrected chi connectivity index (χ2v) is 2.88. The summed E-state index contributed by atoms with van der Waals surface area (Å²) in [6.07, 6.45) is 0.596. The van der Waals surface area contributed by atoms with E-state index >= 15 is 0 Å². The number of rotatable bonds is 4. The first-order valence-electron chi connectivity index (χ1n) is 4.45. The van der Waals surface area contributed by atoms with Crippen LogP contribution in [0.25, 0.3) is 11.5 Å². The number of hydrogen-bond donors (Lipinski definition) is 1. The Bertz CT molecular complexity index is 439. The molecule has 0 unspecified atom stereocenters. The van der Waals surface area contributed by atoms with Crippen LogP contribution in [0.5, 0.6) is 0 Å². The van der Waals surface area contributed by atoms with Gasteiger partial charge in [0.1, 0.15) is 0 Å². The monoisotopic (exact) mass is 203 g/mol. The Morgan fingerprint density at radius 2 is 2.13 bits per heavy atom. The molecular formula is C10H9N3O2. The predicted octanol–water partition coefficient (Wildman–Crippen LogP) is 0.983. The van der Waals surface area contributed by atoms with Crippen LogP contribution in [-0.2, 0) is 11.3 Å². The molecule has 76 valence electrons. The molecule has 0 spiro atoms. The zero-order chi connectivity index (χ0) is 10.5. The third kappa shape index (κ3) is 2.19. The van der Waals surface area contributed by atoms with Gasteiger partial charge in [-0.15, -0.1) is 0 Å². The van der Waals surface area contributed by atoms with Crippen molar-refractivity contribution in [1.29, 1.82) is 0 Å². The Morgan fingerprint density at radius 3 is 2.87 bits per heavy atom. The lowest BCUT2D eigenvalue weighted by Gasteiger charge is -1.90. The molecule has 0 aliphatic carbocycles. The summed E-state index contributed by atoms with van der Waals surface area (Å²) in [5, 5.41) is 6.19. The Balaban J connectivity index is 2.17. The Morgan fingerprint density at radius 1 is 1.33 bits per heavy atom. The first-order valence-corrected chi connectivity index (χ1v) is 4.45. The van der Waals surface area contributed by atoms with Gasteiger partial charge in [-0.05, 0) is 12.1 Å². The highest BCUT2D eigenvalue weighted by Crippen LogP contribution is 2.15. The molecule has 0 saturated heterocycles. The van der Waals surface area contributed by atoms with Gasteiger partial charge in [-0.2, -0.15) is 4.98 Å². The van der Waals surface area contributed by atoms with Crippen LogP contribution in [0.3, 0.4) is 0 Å². The molecule has 1 amide bonds. The van der Waals surface area contributed by atoms with E-state index in [4.69, 9.17) is 4.52 Å². The molecule has 0 atom stereocenters. The highest BCUT2D eigenvalue weighted by molar-refractivity contribution is 5.52. The number of nitrogens with zero attached hydrogens (tertiary/aromatic N) is 2. The molecule has 15 heavy (non-hydrogen) atoms. The number of carbonyl (C=O) groups excluding carboxylic acids is 1.